The molecule has 0 aliphatic heterocycles. The Kier molecular flexibility index (Phi) is 2.70. The first-order chi connectivity index (χ1) is 6.83. The number of benzene rings is 1. The predicted molar refractivity (Wildman–Crippen MR) is 54.3 cm³/mol. The second-order valence-electron chi connectivity index (χ2n) is 3.55. The summed E-state index contributed by atoms with van der Waals surface area (Å²) in [6.45, 7) is 0.377. The van der Waals surface area contributed by atoms with Gasteiger partial charge < -0.3 is 15.6 Å². The van der Waals surface area contributed by atoms with Crippen molar-refractivity contribution in [2.75, 3.05) is 13.2 Å². The number of aliphatic hydroxyl groups excluding tert-OH is 1. The molecule has 1 aliphatic rings. The van der Waals surface area contributed by atoms with E-state index in [2.05, 4.69) is 6.07 Å². The highest BCUT2D eigenvalue weighted by molar-refractivity contribution is 5.45. The predicted octanol–water partition coefficient (Wildman–Crippen LogP) is 1.00. The molecule has 0 heterocycles. The first kappa shape index (κ1) is 9.49. The standard InChI is InChI=1S/C11H15NO2/c12-9-5-4-8-2-1-3-10(11(8)9)14-7-6-13/h1-3,9,13H,4-7,12H2/t9-/m0/s1. The van der Waals surface area contributed by atoms with Gasteiger partial charge in [0.05, 0.1) is 6.61 Å². The third kappa shape index (κ3) is 1.61. The molecule has 76 valence electrons. The van der Waals surface area contributed by atoms with Crippen LogP contribution in [0.15, 0.2) is 18.2 Å². The van der Waals surface area contributed by atoms with Gasteiger partial charge in [-0.2, -0.15) is 0 Å². The Bertz CT molecular complexity index is 325. The summed E-state index contributed by atoms with van der Waals surface area (Å²) < 4.78 is 5.44. The zero-order chi connectivity index (χ0) is 9.97. The second-order valence-corrected chi connectivity index (χ2v) is 3.55. The Hall–Kier alpha value is -1.06. The monoisotopic (exact) mass is 193 g/mol. The van der Waals surface area contributed by atoms with Crippen LogP contribution in [0.5, 0.6) is 5.75 Å². The van der Waals surface area contributed by atoms with E-state index in [4.69, 9.17) is 15.6 Å². The van der Waals surface area contributed by atoms with Gasteiger partial charge in [0.2, 0.25) is 0 Å². The van der Waals surface area contributed by atoms with Crippen molar-refractivity contribution in [1.29, 1.82) is 0 Å². The molecule has 2 rings (SSSR count). The maximum Gasteiger partial charge on any atom is 0.124 e. The number of aryl methyl sites for hydroxylation is 1. The molecular weight excluding hydrogens is 178 g/mol. The quantitative estimate of drug-likeness (QED) is 0.753. The molecule has 0 saturated carbocycles. The van der Waals surface area contributed by atoms with E-state index >= 15 is 0 Å². The summed E-state index contributed by atoms with van der Waals surface area (Å²) in [5.41, 5.74) is 8.39. The van der Waals surface area contributed by atoms with E-state index in [1.54, 1.807) is 0 Å². The molecule has 3 nitrogen and oxygen atoms in total. The summed E-state index contributed by atoms with van der Waals surface area (Å²) in [5, 5.41) is 8.69. The van der Waals surface area contributed by atoms with Crippen molar-refractivity contribution in [3.63, 3.8) is 0 Å². The van der Waals surface area contributed by atoms with Gasteiger partial charge in [-0.25, -0.2) is 0 Å². The van der Waals surface area contributed by atoms with E-state index in [1.807, 2.05) is 12.1 Å². The van der Waals surface area contributed by atoms with E-state index in [9.17, 15) is 0 Å². The molecular formula is C11H15NO2. The molecule has 0 unspecified atom stereocenters. The third-order valence-corrected chi connectivity index (χ3v) is 2.60. The van der Waals surface area contributed by atoms with Crippen LogP contribution in [0.25, 0.3) is 0 Å². The molecule has 3 heteroatoms. The number of aliphatic hydroxyl groups is 1. The van der Waals surface area contributed by atoms with Gasteiger partial charge in [0.25, 0.3) is 0 Å². The fourth-order valence-corrected chi connectivity index (χ4v) is 1.97. The van der Waals surface area contributed by atoms with Gasteiger partial charge in [0.1, 0.15) is 12.4 Å². The number of fused-ring (bicyclic) bond motifs is 1. The van der Waals surface area contributed by atoms with Crippen molar-refractivity contribution in [3.8, 4) is 5.75 Å². The Morgan fingerprint density at radius 3 is 3.14 bits per heavy atom. The maximum absolute atomic E-state index is 8.69. The second kappa shape index (κ2) is 3.98. The molecule has 0 amide bonds. The molecule has 0 saturated heterocycles. The zero-order valence-corrected chi connectivity index (χ0v) is 8.07. The van der Waals surface area contributed by atoms with Crippen LogP contribution in [0.3, 0.4) is 0 Å². The van der Waals surface area contributed by atoms with E-state index < -0.39 is 0 Å². The molecule has 1 aromatic rings. The van der Waals surface area contributed by atoms with Crippen LogP contribution in [0.1, 0.15) is 23.6 Å². The van der Waals surface area contributed by atoms with Crippen LogP contribution >= 0.6 is 0 Å². The average molecular weight is 193 g/mol. The van der Waals surface area contributed by atoms with E-state index in [0.717, 1.165) is 24.2 Å². The van der Waals surface area contributed by atoms with Gasteiger partial charge in [-0.3, -0.25) is 0 Å². The summed E-state index contributed by atoms with van der Waals surface area (Å²) in [6, 6.07) is 6.08. The van der Waals surface area contributed by atoms with Crippen LogP contribution in [0.4, 0.5) is 0 Å². The van der Waals surface area contributed by atoms with Crippen molar-refractivity contribution < 1.29 is 9.84 Å². The summed E-state index contributed by atoms with van der Waals surface area (Å²) in [5.74, 6) is 0.835. The number of nitrogens with two attached hydrogens (primary N) is 1. The fraction of sp³-hybridized carbons (Fsp3) is 0.455. The van der Waals surface area contributed by atoms with Gasteiger partial charge in [0, 0.05) is 11.6 Å². The molecule has 1 atom stereocenters. The summed E-state index contributed by atoms with van der Waals surface area (Å²) in [6.07, 6.45) is 2.03. The molecule has 0 spiro atoms. The lowest BCUT2D eigenvalue weighted by molar-refractivity contribution is 0.200. The van der Waals surface area contributed by atoms with Crippen molar-refractivity contribution in [3.05, 3.63) is 29.3 Å². The summed E-state index contributed by atoms with van der Waals surface area (Å²) >= 11 is 0. The molecule has 1 aliphatic carbocycles. The molecule has 14 heavy (non-hydrogen) atoms. The smallest absolute Gasteiger partial charge is 0.124 e. The minimum absolute atomic E-state index is 0.0406. The van der Waals surface area contributed by atoms with Crippen molar-refractivity contribution >= 4 is 0 Å². The van der Waals surface area contributed by atoms with E-state index in [-0.39, 0.29) is 12.6 Å². The van der Waals surface area contributed by atoms with Gasteiger partial charge in [0.15, 0.2) is 0 Å². The van der Waals surface area contributed by atoms with Crippen molar-refractivity contribution in [2.24, 2.45) is 5.73 Å². The minimum atomic E-state index is 0.0406. The van der Waals surface area contributed by atoms with E-state index in [0.29, 0.717) is 6.61 Å². The molecule has 0 aromatic heterocycles. The van der Waals surface area contributed by atoms with Crippen LogP contribution in [-0.2, 0) is 6.42 Å². The fourth-order valence-electron chi connectivity index (χ4n) is 1.97. The summed E-state index contributed by atoms with van der Waals surface area (Å²) in [4.78, 5) is 0. The average Bonchev–Trinajstić information content (AvgIpc) is 2.58. The third-order valence-electron chi connectivity index (χ3n) is 2.60. The van der Waals surface area contributed by atoms with Gasteiger partial charge >= 0.3 is 0 Å². The van der Waals surface area contributed by atoms with Gasteiger partial charge in [-0.05, 0) is 24.5 Å². The van der Waals surface area contributed by atoms with Crippen LogP contribution in [0, 0.1) is 0 Å². The lowest BCUT2D eigenvalue weighted by atomic mass is 10.1. The lowest BCUT2D eigenvalue weighted by Gasteiger charge is -2.12. The number of ether oxygens (including phenoxy) is 1. The highest BCUT2D eigenvalue weighted by Gasteiger charge is 2.22. The largest absolute Gasteiger partial charge is 0.491 e. The Morgan fingerprint density at radius 2 is 2.36 bits per heavy atom. The Morgan fingerprint density at radius 1 is 1.50 bits per heavy atom. The molecule has 0 radical (unpaired) electrons. The van der Waals surface area contributed by atoms with Crippen molar-refractivity contribution in [1.82, 2.24) is 0 Å². The zero-order valence-electron chi connectivity index (χ0n) is 8.07. The minimum Gasteiger partial charge on any atom is -0.491 e. The van der Waals surface area contributed by atoms with E-state index in [1.165, 1.54) is 5.56 Å². The van der Waals surface area contributed by atoms with Crippen LogP contribution < -0.4 is 10.5 Å². The Labute approximate surface area is 83.5 Å². The first-order valence-corrected chi connectivity index (χ1v) is 4.94. The van der Waals surface area contributed by atoms with Crippen LogP contribution in [0.2, 0.25) is 0 Å². The normalized spacial score (nSPS) is 19.4. The van der Waals surface area contributed by atoms with Crippen LogP contribution in [-0.4, -0.2) is 18.3 Å². The van der Waals surface area contributed by atoms with Crippen molar-refractivity contribution in [2.45, 2.75) is 18.9 Å². The molecule has 1 aromatic carbocycles. The number of hydrogen-bond acceptors (Lipinski definition) is 3. The maximum atomic E-state index is 8.69. The Balaban J connectivity index is 2.27. The van der Waals surface area contributed by atoms with Gasteiger partial charge in [-0.1, -0.05) is 12.1 Å². The highest BCUT2D eigenvalue weighted by atomic mass is 16.5. The SMILES string of the molecule is N[C@H]1CCc2cccc(OCCO)c21. The van der Waals surface area contributed by atoms with Gasteiger partial charge in [-0.15, -0.1) is 0 Å². The first-order valence-electron chi connectivity index (χ1n) is 4.94. The molecule has 0 bridgehead atoms. The molecule has 3 N–H and O–H groups in total. The lowest BCUT2D eigenvalue weighted by Crippen LogP contribution is -2.09. The molecule has 0 fully saturated rings. The summed E-state index contributed by atoms with van der Waals surface area (Å²) in [7, 11) is 0. The number of rotatable bonds is 3. The number of hydrogen-bond donors (Lipinski definition) is 2. The topological polar surface area (TPSA) is 55.5 Å². The highest BCUT2D eigenvalue weighted by Crippen LogP contribution is 2.36.